The number of rotatable bonds is 2. The van der Waals surface area contributed by atoms with Crippen LogP contribution in [-0.2, 0) is 4.79 Å². The summed E-state index contributed by atoms with van der Waals surface area (Å²) in [6, 6.07) is 0. The third kappa shape index (κ3) is 2.33. The average molecular weight is 214 g/mol. The van der Waals surface area contributed by atoms with Gasteiger partial charge in [0, 0.05) is 0 Å². The van der Waals surface area contributed by atoms with Crippen molar-refractivity contribution in [3.63, 3.8) is 0 Å². The molecule has 0 N–H and O–H groups in total. The number of hydrogen-bond donors (Lipinski definition) is 0. The second-order valence-corrected chi connectivity index (χ2v) is 5.52. The van der Waals surface area contributed by atoms with Crippen LogP contribution in [0.5, 0.6) is 0 Å². The Morgan fingerprint density at radius 3 is 2.20 bits per heavy atom. The summed E-state index contributed by atoms with van der Waals surface area (Å²) in [7, 11) is 0. The van der Waals surface area contributed by atoms with E-state index in [0.29, 0.717) is 0 Å². The Hall–Kier alpha value is 0.0184. The van der Waals surface area contributed by atoms with E-state index in [0.717, 1.165) is 12.8 Å². The molecular formula is C5H6AsF3O. The molecular weight excluding hydrogens is 208 g/mol. The van der Waals surface area contributed by atoms with Crippen molar-refractivity contribution < 1.29 is 18.0 Å². The van der Waals surface area contributed by atoms with Crippen LogP contribution in [0.3, 0.4) is 0 Å². The van der Waals surface area contributed by atoms with Gasteiger partial charge in [0.15, 0.2) is 0 Å². The Morgan fingerprint density at radius 2 is 1.90 bits per heavy atom. The number of alkyl halides is 3. The van der Waals surface area contributed by atoms with Crippen molar-refractivity contribution in [2.75, 3.05) is 0 Å². The Labute approximate surface area is 62.7 Å². The van der Waals surface area contributed by atoms with Gasteiger partial charge in [0.2, 0.25) is 0 Å². The van der Waals surface area contributed by atoms with Gasteiger partial charge >= 0.3 is 62.0 Å². The molecule has 1 fully saturated rings. The van der Waals surface area contributed by atoms with Crippen LogP contribution in [0.2, 0.25) is 4.71 Å². The molecule has 1 aliphatic carbocycles. The van der Waals surface area contributed by atoms with E-state index in [4.69, 9.17) is 0 Å². The molecule has 10 heavy (non-hydrogen) atoms. The summed E-state index contributed by atoms with van der Waals surface area (Å²) in [6.45, 7) is 0. The third-order valence-corrected chi connectivity index (χ3v) is 4.38. The molecule has 0 heterocycles. The van der Waals surface area contributed by atoms with Crippen molar-refractivity contribution in [1.82, 2.24) is 0 Å². The zero-order valence-electron chi connectivity index (χ0n) is 5.03. The first-order chi connectivity index (χ1) is 4.50. The maximum atomic E-state index is 11.5. The molecule has 0 aliphatic heterocycles. The van der Waals surface area contributed by atoms with E-state index in [9.17, 15) is 18.0 Å². The van der Waals surface area contributed by atoms with Gasteiger partial charge in [-0.05, 0) is 0 Å². The minimum absolute atomic E-state index is 0.147. The first-order valence-electron chi connectivity index (χ1n) is 2.88. The summed E-state index contributed by atoms with van der Waals surface area (Å²) in [5.74, 6) is 0. The fourth-order valence-corrected chi connectivity index (χ4v) is 2.57. The van der Waals surface area contributed by atoms with Crippen molar-refractivity contribution in [3.05, 3.63) is 0 Å². The van der Waals surface area contributed by atoms with Crippen molar-refractivity contribution in [1.29, 1.82) is 0 Å². The maximum absolute atomic E-state index is 11.5. The molecule has 0 bridgehead atoms. The number of carbonyl (C=O) groups excluding carboxylic acids is 1. The fourth-order valence-electron chi connectivity index (χ4n) is 0.495. The van der Waals surface area contributed by atoms with Gasteiger partial charge in [0.1, 0.15) is 0 Å². The van der Waals surface area contributed by atoms with Crippen LogP contribution in [0.1, 0.15) is 12.8 Å². The van der Waals surface area contributed by atoms with Crippen LogP contribution in [0.15, 0.2) is 0 Å². The van der Waals surface area contributed by atoms with Crippen molar-refractivity contribution in [2.45, 2.75) is 23.7 Å². The van der Waals surface area contributed by atoms with E-state index in [1.54, 1.807) is 0 Å². The molecule has 1 atom stereocenters. The fraction of sp³-hybridized carbons (Fsp3) is 0.800. The zero-order valence-corrected chi connectivity index (χ0v) is 7.13. The standard InChI is InChI=1S/C5H6AsF3O/c7-5(8,9)4(10)6-3-1-2-3/h3,6H,1-2H2. The topological polar surface area (TPSA) is 17.1 Å². The van der Waals surface area contributed by atoms with Gasteiger partial charge in [-0.3, -0.25) is 0 Å². The second kappa shape index (κ2) is 2.57. The van der Waals surface area contributed by atoms with E-state index < -0.39 is 26.5 Å². The third-order valence-electron chi connectivity index (χ3n) is 1.17. The van der Waals surface area contributed by atoms with E-state index in [-0.39, 0.29) is 4.71 Å². The Balaban J connectivity index is 2.32. The van der Waals surface area contributed by atoms with Gasteiger partial charge in [-0.25, -0.2) is 0 Å². The molecule has 1 unspecified atom stereocenters. The molecule has 0 radical (unpaired) electrons. The summed E-state index contributed by atoms with van der Waals surface area (Å²) < 4.78 is 33.3. The van der Waals surface area contributed by atoms with Gasteiger partial charge in [0.25, 0.3) is 0 Å². The van der Waals surface area contributed by atoms with Gasteiger partial charge in [0.05, 0.1) is 0 Å². The molecule has 0 spiro atoms. The normalized spacial score (nSPS) is 20.3. The summed E-state index contributed by atoms with van der Waals surface area (Å²) in [6.07, 6.45) is -2.88. The first-order valence-corrected chi connectivity index (χ1v) is 5.14. The molecule has 58 valence electrons. The summed E-state index contributed by atoms with van der Waals surface area (Å²) in [5, 5.41) is 0. The van der Waals surface area contributed by atoms with E-state index in [1.165, 1.54) is 0 Å². The van der Waals surface area contributed by atoms with Crippen LogP contribution < -0.4 is 0 Å². The predicted molar refractivity (Wildman–Crippen MR) is 31.2 cm³/mol. The van der Waals surface area contributed by atoms with Gasteiger partial charge in [-0.1, -0.05) is 0 Å². The summed E-state index contributed by atoms with van der Waals surface area (Å²) in [4.78, 5) is 10.2. The molecule has 1 nitrogen and oxygen atoms in total. The van der Waals surface area contributed by atoms with Crippen LogP contribution in [0.25, 0.3) is 0 Å². The summed E-state index contributed by atoms with van der Waals surface area (Å²) >= 11 is -1.37. The Kier molecular flexibility index (Phi) is 2.09. The van der Waals surface area contributed by atoms with Gasteiger partial charge < -0.3 is 0 Å². The Morgan fingerprint density at radius 1 is 1.40 bits per heavy atom. The number of halogens is 3. The summed E-state index contributed by atoms with van der Waals surface area (Å²) in [5.41, 5.74) is 0. The molecule has 0 amide bonds. The predicted octanol–water partition coefficient (Wildman–Crippen LogP) is 1.09. The average Bonchev–Trinajstić information content (AvgIpc) is 2.47. The number of hydrogen-bond acceptors (Lipinski definition) is 1. The van der Waals surface area contributed by atoms with E-state index in [1.807, 2.05) is 0 Å². The molecule has 0 aromatic rings. The first kappa shape index (κ1) is 8.12. The van der Waals surface area contributed by atoms with Crippen LogP contribution in [-0.4, -0.2) is 26.5 Å². The quantitative estimate of drug-likeness (QED) is 0.629. The SMILES string of the molecule is O=C([AsH]C1CC1)C(F)(F)F. The monoisotopic (exact) mass is 214 g/mol. The van der Waals surface area contributed by atoms with Crippen molar-refractivity contribution in [2.24, 2.45) is 0 Å². The van der Waals surface area contributed by atoms with Crippen LogP contribution in [0.4, 0.5) is 13.2 Å². The van der Waals surface area contributed by atoms with Crippen LogP contribution in [0, 0.1) is 0 Å². The van der Waals surface area contributed by atoms with Gasteiger partial charge in [-0.2, -0.15) is 0 Å². The Bertz CT molecular complexity index is 149. The molecule has 1 aliphatic rings. The van der Waals surface area contributed by atoms with Crippen molar-refractivity contribution in [3.8, 4) is 0 Å². The van der Waals surface area contributed by atoms with E-state index >= 15 is 0 Å². The van der Waals surface area contributed by atoms with Crippen LogP contribution >= 0.6 is 0 Å². The zero-order chi connectivity index (χ0) is 7.78. The molecule has 0 saturated heterocycles. The molecule has 1 saturated carbocycles. The second-order valence-electron chi connectivity index (χ2n) is 2.25. The molecule has 0 aromatic heterocycles. The molecule has 1 rings (SSSR count). The molecule has 5 heteroatoms. The van der Waals surface area contributed by atoms with E-state index in [2.05, 4.69) is 0 Å². The molecule has 0 aromatic carbocycles. The van der Waals surface area contributed by atoms with Gasteiger partial charge in [-0.15, -0.1) is 0 Å². The minimum atomic E-state index is -4.55. The number of carbonyl (C=O) groups is 1. The van der Waals surface area contributed by atoms with Crippen molar-refractivity contribution >= 4 is 20.3 Å².